The predicted octanol–water partition coefficient (Wildman–Crippen LogP) is 3.48. The number of amides is 1. The first-order chi connectivity index (χ1) is 11.6. The fourth-order valence-electron chi connectivity index (χ4n) is 2.97. The van der Waals surface area contributed by atoms with Crippen molar-refractivity contribution >= 4 is 27.5 Å². The molecule has 1 amide bonds. The maximum atomic E-state index is 13.7. The number of carbonyl (C=O) groups excluding carboxylic acids is 1. The van der Waals surface area contributed by atoms with Crippen molar-refractivity contribution in [3.63, 3.8) is 0 Å². The highest BCUT2D eigenvalue weighted by molar-refractivity contribution is 9.10. The standard InChI is InChI=1S/C19H20BrFN2O/c20-17(14-15-6-4-5-9-18(15)21)19(24)23-12-10-22(11-13-23)16-7-2-1-3-8-16/h1-9,17H,10-14H2. The molecule has 1 fully saturated rings. The van der Waals surface area contributed by atoms with Crippen LogP contribution in [0.15, 0.2) is 54.6 Å². The lowest BCUT2D eigenvalue weighted by atomic mass is 10.1. The smallest absolute Gasteiger partial charge is 0.236 e. The van der Waals surface area contributed by atoms with Crippen molar-refractivity contribution in [2.45, 2.75) is 11.2 Å². The van der Waals surface area contributed by atoms with Gasteiger partial charge in [0.05, 0.1) is 4.83 Å². The molecular formula is C19H20BrFN2O. The molecular weight excluding hydrogens is 371 g/mol. The zero-order chi connectivity index (χ0) is 16.9. The Balaban J connectivity index is 1.56. The number of hydrogen-bond donors (Lipinski definition) is 0. The third kappa shape index (κ3) is 3.96. The van der Waals surface area contributed by atoms with E-state index in [2.05, 4.69) is 33.0 Å². The number of benzene rings is 2. The van der Waals surface area contributed by atoms with Crippen LogP contribution in [0.3, 0.4) is 0 Å². The van der Waals surface area contributed by atoms with Gasteiger partial charge in [0.2, 0.25) is 5.91 Å². The summed E-state index contributed by atoms with van der Waals surface area (Å²) in [5.74, 6) is -0.227. The second kappa shape index (κ2) is 7.79. The van der Waals surface area contributed by atoms with E-state index in [1.165, 1.54) is 11.8 Å². The van der Waals surface area contributed by atoms with Crippen LogP contribution in [0.4, 0.5) is 10.1 Å². The maximum Gasteiger partial charge on any atom is 0.236 e. The average Bonchev–Trinajstić information content (AvgIpc) is 2.64. The Kier molecular flexibility index (Phi) is 5.51. The summed E-state index contributed by atoms with van der Waals surface area (Å²) >= 11 is 3.44. The Bertz CT molecular complexity index is 687. The first-order valence-corrected chi connectivity index (χ1v) is 9.03. The van der Waals surface area contributed by atoms with Gasteiger partial charge in [-0.05, 0) is 30.2 Å². The zero-order valence-corrected chi connectivity index (χ0v) is 15.0. The summed E-state index contributed by atoms with van der Waals surface area (Å²) in [6, 6.07) is 16.8. The maximum absolute atomic E-state index is 13.7. The molecule has 0 aromatic heterocycles. The molecule has 126 valence electrons. The largest absolute Gasteiger partial charge is 0.368 e. The van der Waals surface area contributed by atoms with Crippen LogP contribution in [-0.2, 0) is 11.2 Å². The second-order valence-corrected chi connectivity index (χ2v) is 7.02. The molecule has 0 bridgehead atoms. The van der Waals surface area contributed by atoms with E-state index >= 15 is 0 Å². The SMILES string of the molecule is O=C(C(Br)Cc1ccccc1F)N1CCN(c2ccccc2)CC1. The van der Waals surface area contributed by atoms with Gasteiger partial charge in [-0.15, -0.1) is 0 Å². The minimum absolute atomic E-state index is 0.0333. The van der Waals surface area contributed by atoms with Crippen LogP contribution in [0, 0.1) is 5.82 Å². The van der Waals surface area contributed by atoms with Crippen molar-refractivity contribution in [2.24, 2.45) is 0 Å². The molecule has 0 aliphatic carbocycles. The minimum atomic E-state index is -0.391. The number of rotatable bonds is 4. The van der Waals surface area contributed by atoms with E-state index in [9.17, 15) is 9.18 Å². The van der Waals surface area contributed by atoms with E-state index in [-0.39, 0.29) is 11.7 Å². The van der Waals surface area contributed by atoms with E-state index in [1.807, 2.05) is 23.1 Å². The molecule has 3 nitrogen and oxygen atoms in total. The molecule has 0 spiro atoms. The van der Waals surface area contributed by atoms with E-state index in [0.29, 0.717) is 25.1 Å². The van der Waals surface area contributed by atoms with Crippen molar-refractivity contribution in [2.75, 3.05) is 31.1 Å². The molecule has 0 saturated carbocycles. The molecule has 2 aromatic rings. The van der Waals surface area contributed by atoms with E-state index in [0.717, 1.165) is 13.1 Å². The van der Waals surface area contributed by atoms with Gasteiger partial charge in [0, 0.05) is 31.9 Å². The highest BCUT2D eigenvalue weighted by atomic mass is 79.9. The minimum Gasteiger partial charge on any atom is -0.368 e. The average molecular weight is 391 g/mol. The molecule has 1 saturated heterocycles. The van der Waals surface area contributed by atoms with Crippen LogP contribution in [0.5, 0.6) is 0 Å². The quantitative estimate of drug-likeness (QED) is 0.746. The van der Waals surface area contributed by atoms with Crippen LogP contribution in [0.25, 0.3) is 0 Å². The molecule has 3 rings (SSSR count). The Morgan fingerprint density at radius 2 is 1.62 bits per heavy atom. The third-order valence-electron chi connectivity index (χ3n) is 4.34. The van der Waals surface area contributed by atoms with Crippen molar-refractivity contribution in [3.8, 4) is 0 Å². The fourth-order valence-corrected chi connectivity index (χ4v) is 3.60. The van der Waals surface area contributed by atoms with Gasteiger partial charge in [-0.2, -0.15) is 0 Å². The number of nitrogens with zero attached hydrogens (tertiary/aromatic N) is 2. The number of piperazine rings is 1. The Labute approximate surface area is 150 Å². The fraction of sp³-hybridized carbons (Fsp3) is 0.316. The number of carbonyl (C=O) groups is 1. The molecule has 1 aliphatic rings. The molecule has 5 heteroatoms. The van der Waals surface area contributed by atoms with Crippen LogP contribution in [0.1, 0.15) is 5.56 Å². The van der Waals surface area contributed by atoms with Gasteiger partial charge in [0.15, 0.2) is 0 Å². The first-order valence-electron chi connectivity index (χ1n) is 8.11. The first kappa shape index (κ1) is 17.0. The van der Waals surface area contributed by atoms with Gasteiger partial charge >= 0.3 is 0 Å². The summed E-state index contributed by atoms with van der Waals surface area (Å²) in [4.78, 5) is 16.3. The summed E-state index contributed by atoms with van der Waals surface area (Å²) in [6.07, 6.45) is 0.365. The molecule has 1 heterocycles. The van der Waals surface area contributed by atoms with Crippen LogP contribution in [-0.4, -0.2) is 41.8 Å². The topological polar surface area (TPSA) is 23.6 Å². The number of alkyl halides is 1. The third-order valence-corrected chi connectivity index (χ3v) is 5.05. The zero-order valence-electron chi connectivity index (χ0n) is 13.4. The van der Waals surface area contributed by atoms with E-state index in [4.69, 9.17) is 0 Å². The molecule has 1 unspecified atom stereocenters. The number of anilines is 1. The summed E-state index contributed by atoms with van der Waals surface area (Å²) < 4.78 is 13.7. The van der Waals surface area contributed by atoms with Crippen molar-refractivity contribution in [1.29, 1.82) is 0 Å². The molecule has 2 aromatic carbocycles. The lowest BCUT2D eigenvalue weighted by Crippen LogP contribution is -2.51. The number of halogens is 2. The van der Waals surface area contributed by atoms with Gasteiger partial charge in [-0.1, -0.05) is 52.3 Å². The summed E-state index contributed by atoms with van der Waals surface area (Å²) in [7, 11) is 0. The van der Waals surface area contributed by atoms with E-state index < -0.39 is 4.83 Å². The van der Waals surface area contributed by atoms with Crippen LogP contribution < -0.4 is 4.90 Å². The molecule has 0 radical (unpaired) electrons. The highest BCUT2D eigenvalue weighted by Crippen LogP contribution is 2.19. The lowest BCUT2D eigenvalue weighted by molar-refractivity contribution is -0.130. The summed E-state index contributed by atoms with van der Waals surface area (Å²) in [5, 5.41) is 0. The lowest BCUT2D eigenvalue weighted by Gasteiger charge is -2.37. The van der Waals surface area contributed by atoms with Crippen molar-refractivity contribution < 1.29 is 9.18 Å². The van der Waals surface area contributed by atoms with E-state index in [1.54, 1.807) is 18.2 Å². The van der Waals surface area contributed by atoms with Gasteiger partial charge in [-0.3, -0.25) is 4.79 Å². The van der Waals surface area contributed by atoms with Crippen LogP contribution >= 0.6 is 15.9 Å². The Morgan fingerprint density at radius 1 is 1.00 bits per heavy atom. The highest BCUT2D eigenvalue weighted by Gasteiger charge is 2.26. The monoisotopic (exact) mass is 390 g/mol. The molecule has 0 N–H and O–H groups in total. The molecule has 24 heavy (non-hydrogen) atoms. The van der Waals surface area contributed by atoms with Crippen LogP contribution in [0.2, 0.25) is 0 Å². The van der Waals surface area contributed by atoms with Gasteiger partial charge < -0.3 is 9.80 Å². The number of para-hydroxylation sites is 1. The normalized spacial score (nSPS) is 16.1. The second-order valence-electron chi connectivity index (χ2n) is 5.91. The van der Waals surface area contributed by atoms with Crippen molar-refractivity contribution in [3.05, 3.63) is 66.0 Å². The van der Waals surface area contributed by atoms with Gasteiger partial charge in [-0.25, -0.2) is 4.39 Å². The van der Waals surface area contributed by atoms with Crippen molar-refractivity contribution in [1.82, 2.24) is 4.90 Å². The summed E-state index contributed by atoms with van der Waals surface area (Å²) in [6.45, 7) is 3.00. The summed E-state index contributed by atoms with van der Waals surface area (Å²) in [5.41, 5.74) is 1.75. The Morgan fingerprint density at radius 3 is 2.29 bits per heavy atom. The van der Waals surface area contributed by atoms with Gasteiger partial charge in [0.1, 0.15) is 5.82 Å². The Hall–Kier alpha value is -1.88. The molecule has 1 atom stereocenters. The predicted molar refractivity (Wildman–Crippen MR) is 98.1 cm³/mol. The number of hydrogen-bond acceptors (Lipinski definition) is 2. The molecule has 1 aliphatic heterocycles. The van der Waals surface area contributed by atoms with Gasteiger partial charge in [0.25, 0.3) is 0 Å².